The molecule has 0 spiro atoms. The molecule has 0 bridgehead atoms. The minimum atomic E-state index is -0.475. The van der Waals surface area contributed by atoms with Crippen LogP contribution in [0.4, 0.5) is 0 Å². The van der Waals surface area contributed by atoms with Gasteiger partial charge in [0.25, 0.3) is 0 Å². The molecule has 0 fully saturated rings. The van der Waals surface area contributed by atoms with Crippen molar-refractivity contribution in [2.45, 2.75) is 93.3 Å². The first kappa shape index (κ1) is 24.7. The Kier molecular flexibility index (Phi) is 12.3. The Morgan fingerprint density at radius 3 is 1.00 bits per heavy atom. The Labute approximate surface area is 160 Å². The highest BCUT2D eigenvalue weighted by molar-refractivity contribution is 5.91. The van der Waals surface area contributed by atoms with Crippen molar-refractivity contribution in [2.24, 2.45) is 23.7 Å². The molecule has 0 saturated heterocycles. The molecule has 26 heavy (non-hydrogen) atoms. The first-order valence-electron chi connectivity index (χ1n) is 10.1. The van der Waals surface area contributed by atoms with E-state index in [1.165, 1.54) is 12.2 Å². The van der Waals surface area contributed by atoms with Crippen molar-refractivity contribution in [2.75, 3.05) is 0 Å². The first-order valence-corrected chi connectivity index (χ1v) is 10.1. The van der Waals surface area contributed by atoms with Gasteiger partial charge in [0.05, 0.1) is 0 Å². The molecule has 0 aromatic carbocycles. The Balaban J connectivity index is 4.63. The van der Waals surface area contributed by atoms with Crippen LogP contribution in [0.25, 0.3) is 0 Å². The molecule has 4 heteroatoms. The molecule has 0 atom stereocenters. The number of carbonyl (C=O) groups is 2. The molecule has 0 aliphatic heterocycles. The summed E-state index contributed by atoms with van der Waals surface area (Å²) in [6.07, 6.45) is 5.46. The maximum absolute atomic E-state index is 12.0. The van der Waals surface area contributed by atoms with Crippen molar-refractivity contribution in [3.05, 3.63) is 12.2 Å². The number of carbonyl (C=O) groups excluding carboxylic acids is 2. The van der Waals surface area contributed by atoms with E-state index in [1.54, 1.807) is 0 Å². The topological polar surface area (TPSA) is 52.6 Å². The van der Waals surface area contributed by atoms with Gasteiger partial charge >= 0.3 is 11.9 Å². The highest BCUT2D eigenvalue weighted by Gasteiger charge is 2.18. The Hall–Kier alpha value is -1.32. The molecular formula is C22H40O4. The smallest absolute Gasteiger partial charge is 0.331 e. The fourth-order valence-corrected chi connectivity index (χ4v) is 3.03. The Bertz CT molecular complexity index is 375. The summed E-state index contributed by atoms with van der Waals surface area (Å²) < 4.78 is 11.0. The lowest BCUT2D eigenvalue weighted by molar-refractivity contribution is -0.147. The summed E-state index contributed by atoms with van der Waals surface area (Å²) in [4.78, 5) is 24.1. The van der Waals surface area contributed by atoms with Crippen LogP contribution >= 0.6 is 0 Å². The van der Waals surface area contributed by atoms with Crippen molar-refractivity contribution >= 4 is 11.9 Å². The van der Waals surface area contributed by atoms with Gasteiger partial charge in [-0.25, -0.2) is 9.59 Å². The zero-order valence-electron chi connectivity index (χ0n) is 18.1. The van der Waals surface area contributed by atoms with Gasteiger partial charge in [0, 0.05) is 12.2 Å². The standard InChI is InChI=1S/C22H40O4/c1-15(2)11-19(12-16(3)4)25-21(23)9-10-22(24)26-20(13-17(5)6)14-18(7)8/h9-10,15-20H,11-14H2,1-8H3/b10-9-. The summed E-state index contributed by atoms with van der Waals surface area (Å²) in [5, 5.41) is 0. The van der Waals surface area contributed by atoms with Gasteiger partial charge < -0.3 is 9.47 Å². The quantitative estimate of drug-likeness (QED) is 0.335. The van der Waals surface area contributed by atoms with Crippen LogP contribution in [0.15, 0.2) is 12.2 Å². The average Bonchev–Trinajstić information content (AvgIpc) is 2.41. The van der Waals surface area contributed by atoms with Gasteiger partial charge in [-0.1, -0.05) is 55.4 Å². The molecule has 0 saturated carbocycles. The molecule has 152 valence electrons. The van der Waals surface area contributed by atoms with Crippen molar-refractivity contribution in [3.8, 4) is 0 Å². The summed E-state index contributed by atoms with van der Waals surface area (Å²) in [7, 11) is 0. The van der Waals surface area contributed by atoms with Crippen molar-refractivity contribution < 1.29 is 19.1 Å². The van der Waals surface area contributed by atoms with Gasteiger partial charge in [0.15, 0.2) is 0 Å². The molecule has 0 radical (unpaired) electrons. The summed E-state index contributed by atoms with van der Waals surface area (Å²) >= 11 is 0. The van der Waals surface area contributed by atoms with E-state index in [-0.39, 0.29) is 12.2 Å². The zero-order chi connectivity index (χ0) is 20.3. The van der Waals surface area contributed by atoms with Gasteiger partial charge in [-0.15, -0.1) is 0 Å². The molecule has 4 nitrogen and oxygen atoms in total. The third-order valence-electron chi connectivity index (χ3n) is 3.86. The molecule has 0 heterocycles. The van der Waals surface area contributed by atoms with E-state index >= 15 is 0 Å². The third-order valence-corrected chi connectivity index (χ3v) is 3.86. The molecule has 0 aliphatic carbocycles. The highest BCUT2D eigenvalue weighted by Crippen LogP contribution is 2.18. The van der Waals surface area contributed by atoms with Gasteiger partial charge in [-0.3, -0.25) is 0 Å². The number of hydrogen-bond acceptors (Lipinski definition) is 4. The maximum atomic E-state index is 12.0. The second-order valence-corrected chi connectivity index (χ2v) is 8.97. The number of hydrogen-bond donors (Lipinski definition) is 0. The van der Waals surface area contributed by atoms with Crippen LogP contribution in [0.2, 0.25) is 0 Å². The van der Waals surface area contributed by atoms with E-state index < -0.39 is 11.9 Å². The van der Waals surface area contributed by atoms with Crippen molar-refractivity contribution in [1.82, 2.24) is 0 Å². The SMILES string of the molecule is CC(C)CC(CC(C)C)OC(=O)/C=C\C(=O)OC(CC(C)C)CC(C)C. The van der Waals surface area contributed by atoms with Crippen LogP contribution in [-0.4, -0.2) is 24.1 Å². The largest absolute Gasteiger partial charge is 0.459 e. The van der Waals surface area contributed by atoms with E-state index in [0.29, 0.717) is 23.7 Å². The maximum Gasteiger partial charge on any atom is 0.331 e. The minimum Gasteiger partial charge on any atom is -0.459 e. The molecule has 0 rings (SSSR count). The molecule has 0 aliphatic rings. The molecular weight excluding hydrogens is 328 g/mol. The lowest BCUT2D eigenvalue weighted by Crippen LogP contribution is -2.22. The number of rotatable bonds is 12. The van der Waals surface area contributed by atoms with Crippen LogP contribution < -0.4 is 0 Å². The molecule has 0 amide bonds. The van der Waals surface area contributed by atoms with E-state index in [0.717, 1.165) is 25.7 Å². The van der Waals surface area contributed by atoms with Gasteiger partial charge in [0.2, 0.25) is 0 Å². The number of ether oxygens (including phenoxy) is 2. The van der Waals surface area contributed by atoms with E-state index in [1.807, 2.05) is 0 Å². The fraction of sp³-hybridized carbons (Fsp3) is 0.818. The van der Waals surface area contributed by atoms with Crippen molar-refractivity contribution in [1.29, 1.82) is 0 Å². The Morgan fingerprint density at radius 1 is 0.577 bits per heavy atom. The van der Waals surface area contributed by atoms with E-state index in [2.05, 4.69) is 55.4 Å². The second kappa shape index (κ2) is 12.9. The van der Waals surface area contributed by atoms with Gasteiger partial charge in [-0.2, -0.15) is 0 Å². The number of esters is 2. The monoisotopic (exact) mass is 368 g/mol. The predicted molar refractivity (Wildman–Crippen MR) is 107 cm³/mol. The van der Waals surface area contributed by atoms with E-state index in [9.17, 15) is 9.59 Å². The van der Waals surface area contributed by atoms with Gasteiger partial charge in [0.1, 0.15) is 12.2 Å². The average molecular weight is 369 g/mol. The fourth-order valence-electron chi connectivity index (χ4n) is 3.03. The molecule has 0 unspecified atom stereocenters. The highest BCUT2D eigenvalue weighted by atomic mass is 16.5. The second-order valence-electron chi connectivity index (χ2n) is 8.97. The van der Waals surface area contributed by atoms with E-state index in [4.69, 9.17) is 9.47 Å². The van der Waals surface area contributed by atoms with Crippen LogP contribution in [0.5, 0.6) is 0 Å². The zero-order valence-corrected chi connectivity index (χ0v) is 18.1. The Morgan fingerprint density at radius 2 is 0.808 bits per heavy atom. The van der Waals surface area contributed by atoms with Crippen LogP contribution in [0.1, 0.15) is 81.1 Å². The predicted octanol–water partition coefficient (Wildman–Crippen LogP) is 5.55. The molecule has 0 N–H and O–H groups in total. The summed E-state index contributed by atoms with van der Waals surface area (Å²) in [6.45, 7) is 16.9. The van der Waals surface area contributed by atoms with Crippen LogP contribution in [-0.2, 0) is 19.1 Å². The van der Waals surface area contributed by atoms with Crippen LogP contribution in [0, 0.1) is 23.7 Å². The summed E-state index contributed by atoms with van der Waals surface area (Å²) in [5.41, 5.74) is 0. The lowest BCUT2D eigenvalue weighted by atomic mass is 9.98. The van der Waals surface area contributed by atoms with Crippen molar-refractivity contribution in [3.63, 3.8) is 0 Å². The summed E-state index contributed by atoms with van der Waals surface area (Å²) in [5.74, 6) is 0.860. The minimum absolute atomic E-state index is 0.113. The summed E-state index contributed by atoms with van der Waals surface area (Å²) in [6, 6.07) is 0. The first-order chi connectivity index (χ1) is 12.0. The van der Waals surface area contributed by atoms with Crippen LogP contribution in [0.3, 0.4) is 0 Å². The lowest BCUT2D eigenvalue weighted by Gasteiger charge is -2.21. The molecule has 0 aromatic heterocycles. The van der Waals surface area contributed by atoms with Gasteiger partial charge in [-0.05, 0) is 49.4 Å². The third kappa shape index (κ3) is 13.9. The normalized spacial score (nSPS) is 12.4. The molecule has 0 aromatic rings.